The summed E-state index contributed by atoms with van der Waals surface area (Å²) in [4.78, 5) is 0. The Morgan fingerprint density at radius 1 is 0.875 bits per heavy atom. The van der Waals surface area contributed by atoms with Gasteiger partial charge in [0.1, 0.15) is 5.75 Å². The maximum Gasteiger partial charge on any atom is 0.387 e. The lowest BCUT2D eigenvalue weighted by Gasteiger charge is -2.37. The van der Waals surface area contributed by atoms with Gasteiger partial charge in [-0.2, -0.15) is 8.78 Å². The molecule has 0 amide bonds. The lowest BCUT2D eigenvalue weighted by atomic mass is 9.70. The molecule has 0 N–H and O–H groups in total. The average molecular weight is 353 g/mol. The molecular formula is C20H30F2OSi. The maximum absolute atomic E-state index is 12.2. The molecule has 24 heavy (non-hydrogen) atoms. The third-order valence-corrected chi connectivity index (χ3v) is 8.46. The second kappa shape index (κ2) is 8.46. The van der Waals surface area contributed by atoms with Gasteiger partial charge in [0.25, 0.3) is 0 Å². The summed E-state index contributed by atoms with van der Waals surface area (Å²) in [5.41, 5.74) is 2.40. The van der Waals surface area contributed by atoms with Gasteiger partial charge in [0.15, 0.2) is 0 Å². The molecule has 0 aliphatic heterocycles. The van der Waals surface area contributed by atoms with Gasteiger partial charge < -0.3 is 4.74 Å². The van der Waals surface area contributed by atoms with Crippen LogP contribution in [0.15, 0.2) is 24.3 Å². The summed E-state index contributed by atoms with van der Waals surface area (Å²) in [7, 11) is 0.206. The lowest BCUT2D eigenvalue weighted by molar-refractivity contribution is -0.0498. The molecule has 2 saturated carbocycles. The molecule has 0 spiro atoms. The van der Waals surface area contributed by atoms with Crippen molar-refractivity contribution in [2.75, 3.05) is 0 Å². The molecule has 0 saturated heterocycles. The Hall–Kier alpha value is -0.903. The lowest BCUT2D eigenvalue weighted by Crippen LogP contribution is -2.25. The van der Waals surface area contributed by atoms with E-state index in [0.29, 0.717) is 5.92 Å². The predicted molar refractivity (Wildman–Crippen MR) is 97.9 cm³/mol. The topological polar surface area (TPSA) is 9.23 Å². The van der Waals surface area contributed by atoms with Crippen LogP contribution in [-0.4, -0.2) is 16.1 Å². The summed E-state index contributed by atoms with van der Waals surface area (Å²) in [6.07, 6.45) is 11.1. The van der Waals surface area contributed by atoms with E-state index in [4.69, 9.17) is 0 Å². The summed E-state index contributed by atoms with van der Waals surface area (Å²) in [6, 6.07) is 7.31. The minimum Gasteiger partial charge on any atom is -0.435 e. The van der Waals surface area contributed by atoms with Gasteiger partial charge in [0, 0.05) is 9.52 Å². The van der Waals surface area contributed by atoms with Gasteiger partial charge >= 0.3 is 6.61 Å². The number of rotatable bonds is 5. The molecule has 2 aliphatic carbocycles. The number of ether oxygens (including phenoxy) is 1. The Kier molecular flexibility index (Phi) is 6.31. The van der Waals surface area contributed by atoms with Crippen molar-refractivity contribution in [3.8, 4) is 5.75 Å². The average Bonchev–Trinajstić information content (AvgIpc) is 2.62. The van der Waals surface area contributed by atoms with Gasteiger partial charge in [-0.15, -0.1) is 0 Å². The Morgan fingerprint density at radius 3 is 1.92 bits per heavy atom. The summed E-state index contributed by atoms with van der Waals surface area (Å²) in [5.74, 6) is 2.77. The molecule has 4 heteroatoms. The minimum atomic E-state index is -2.74. The van der Waals surface area contributed by atoms with Crippen molar-refractivity contribution >= 4 is 9.52 Å². The van der Waals surface area contributed by atoms with E-state index in [1.165, 1.54) is 56.9 Å². The SMILES string of the molecule is C[SiH2]C1CCC(C2CCC(c3ccc(OC(F)F)cc3)CC2)CC1. The molecule has 0 radical (unpaired) electrons. The molecule has 134 valence electrons. The third kappa shape index (κ3) is 4.59. The first kappa shape index (κ1) is 17.9. The predicted octanol–water partition coefficient (Wildman–Crippen LogP) is 5.76. The van der Waals surface area contributed by atoms with E-state index in [1.54, 1.807) is 12.1 Å². The monoisotopic (exact) mass is 352 g/mol. The maximum atomic E-state index is 12.2. The van der Waals surface area contributed by atoms with E-state index in [-0.39, 0.29) is 15.3 Å². The molecule has 1 aromatic carbocycles. The summed E-state index contributed by atoms with van der Waals surface area (Å²) < 4.78 is 28.9. The zero-order valence-corrected chi connectivity index (χ0v) is 16.1. The highest BCUT2D eigenvalue weighted by atomic mass is 28.2. The van der Waals surface area contributed by atoms with Crippen LogP contribution in [0.1, 0.15) is 62.8 Å². The second-order valence-electron chi connectivity index (χ2n) is 7.75. The second-order valence-corrected chi connectivity index (χ2v) is 9.72. The Bertz CT molecular complexity index is 489. The number of benzene rings is 1. The van der Waals surface area contributed by atoms with E-state index in [9.17, 15) is 8.78 Å². The first-order valence-corrected chi connectivity index (χ1v) is 11.9. The van der Waals surface area contributed by atoms with Crippen LogP contribution in [0.2, 0.25) is 12.1 Å². The summed E-state index contributed by atoms with van der Waals surface area (Å²) >= 11 is 0. The quantitative estimate of drug-likeness (QED) is 0.612. The summed E-state index contributed by atoms with van der Waals surface area (Å²) in [6.45, 7) is -0.273. The van der Waals surface area contributed by atoms with E-state index >= 15 is 0 Å². The van der Waals surface area contributed by atoms with Gasteiger partial charge in [-0.1, -0.05) is 49.9 Å². The first-order chi connectivity index (χ1) is 11.7. The van der Waals surface area contributed by atoms with Crippen molar-refractivity contribution in [1.29, 1.82) is 0 Å². The fourth-order valence-electron chi connectivity index (χ4n) is 4.91. The van der Waals surface area contributed by atoms with Gasteiger partial charge in [-0.25, -0.2) is 0 Å². The standard InChI is InChI=1S/C20H30F2OSi/c1-24-19-12-8-17(9-13-19)15-4-2-14(3-5-15)16-6-10-18(11-7-16)23-20(21)22/h6-7,10-11,14-15,17,19-20H,2-5,8-9,12-13,24H2,1H3. The summed E-state index contributed by atoms with van der Waals surface area (Å²) in [5, 5.41) is 0. The van der Waals surface area contributed by atoms with Crippen molar-refractivity contribution in [2.45, 2.75) is 76.0 Å². The van der Waals surface area contributed by atoms with Gasteiger partial charge in [0.05, 0.1) is 0 Å². The van der Waals surface area contributed by atoms with Crippen molar-refractivity contribution < 1.29 is 13.5 Å². The van der Waals surface area contributed by atoms with Crippen LogP contribution in [0.4, 0.5) is 8.78 Å². The van der Waals surface area contributed by atoms with Crippen LogP contribution in [0, 0.1) is 11.8 Å². The van der Waals surface area contributed by atoms with Gasteiger partial charge in [-0.3, -0.25) is 0 Å². The molecule has 2 aliphatic rings. The van der Waals surface area contributed by atoms with E-state index in [2.05, 4.69) is 11.3 Å². The zero-order chi connectivity index (χ0) is 16.9. The Morgan fingerprint density at radius 2 is 1.42 bits per heavy atom. The molecule has 0 unspecified atom stereocenters. The molecule has 2 fully saturated rings. The molecule has 0 aromatic heterocycles. The zero-order valence-electron chi connectivity index (χ0n) is 14.7. The normalized spacial score (nSPS) is 31.7. The highest BCUT2D eigenvalue weighted by Crippen LogP contribution is 2.44. The van der Waals surface area contributed by atoms with Crippen molar-refractivity contribution in [1.82, 2.24) is 0 Å². The number of hydrogen-bond donors (Lipinski definition) is 0. The van der Waals surface area contributed by atoms with Crippen molar-refractivity contribution in [2.24, 2.45) is 11.8 Å². The van der Waals surface area contributed by atoms with Gasteiger partial charge in [0.2, 0.25) is 0 Å². The highest BCUT2D eigenvalue weighted by molar-refractivity contribution is 6.35. The van der Waals surface area contributed by atoms with Gasteiger partial charge in [-0.05, 0) is 61.1 Å². The fourth-order valence-corrected chi connectivity index (χ4v) is 6.20. The number of halogens is 2. The molecule has 0 bridgehead atoms. The van der Waals surface area contributed by atoms with Crippen LogP contribution in [0.25, 0.3) is 0 Å². The largest absolute Gasteiger partial charge is 0.435 e. The van der Waals surface area contributed by atoms with E-state index in [0.717, 1.165) is 17.4 Å². The fraction of sp³-hybridized carbons (Fsp3) is 0.700. The Labute approximate surface area is 147 Å². The minimum absolute atomic E-state index is 0.206. The van der Waals surface area contributed by atoms with Crippen LogP contribution in [-0.2, 0) is 0 Å². The van der Waals surface area contributed by atoms with Crippen molar-refractivity contribution in [3.63, 3.8) is 0 Å². The van der Waals surface area contributed by atoms with Crippen LogP contribution < -0.4 is 4.74 Å². The van der Waals surface area contributed by atoms with Crippen molar-refractivity contribution in [3.05, 3.63) is 29.8 Å². The third-order valence-electron chi connectivity index (χ3n) is 6.48. The van der Waals surface area contributed by atoms with E-state index < -0.39 is 6.61 Å². The molecule has 1 aromatic rings. The number of hydrogen-bond acceptors (Lipinski definition) is 1. The number of alkyl halides is 2. The van der Waals surface area contributed by atoms with Crippen LogP contribution >= 0.6 is 0 Å². The molecular weight excluding hydrogens is 322 g/mol. The molecule has 0 atom stereocenters. The van der Waals surface area contributed by atoms with Crippen LogP contribution in [0.3, 0.4) is 0 Å². The molecule has 0 heterocycles. The Balaban J connectivity index is 1.48. The first-order valence-electron chi connectivity index (χ1n) is 9.70. The highest BCUT2D eigenvalue weighted by Gasteiger charge is 2.30. The van der Waals surface area contributed by atoms with E-state index in [1.807, 2.05) is 12.1 Å². The molecule has 1 nitrogen and oxygen atoms in total. The van der Waals surface area contributed by atoms with Crippen LogP contribution in [0.5, 0.6) is 5.75 Å². The smallest absolute Gasteiger partial charge is 0.387 e. The molecule has 3 rings (SSSR count).